The number of furan rings is 1. The molecule has 0 N–H and O–H groups in total. The van der Waals surface area contributed by atoms with E-state index in [0.717, 1.165) is 12.1 Å². The highest BCUT2D eigenvalue weighted by Gasteiger charge is 2.30. The number of halogens is 3. The van der Waals surface area contributed by atoms with Gasteiger partial charge in [0.05, 0.1) is 11.2 Å². The Balaban J connectivity index is 2.70. The van der Waals surface area contributed by atoms with Gasteiger partial charge in [-0.1, -0.05) is 0 Å². The first kappa shape index (κ1) is 12.7. The fourth-order valence-corrected chi connectivity index (χ4v) is 2.41. The van der Waals surface area contributed by atoms with Crippen LogP contribution in [0.4, 0.5) is 13.2 Å². The minimum absolute atomic E-state index is 0.0780. The van der Waals surface area contributed by atoms with E-state index in [9.17, 15) is 21.6 Å². The number of alkyl halides is 2. The quantitative estimate of drug-likeness (QED) is 0.865. The monoisotopic (exact) mass is 276 g/mol. The summed E-state index contributed by atoms with van der Waals surface area (Å²) in [6.45, 7) is 0. The molecule has 0 spiro atoms. The Morgan fingerprint density at radius 2 is 1.89 bits per heavy atom. The van der Waals surface area contributed by atoms with Crippen LogP contribution in [0.5, 0.6) is 0 Å². The molecule has 2 aromatic rings. The van der Waals surface area contributed by atoms with Crippen LogP contribution in [0.25, 0.3) is 11.3 Å². The Labute approximate surface area is 101 Å². The zero-order valence-corrected chi connectivity index (χ0v) is 9.62. The smallest absolute Gasteiger partial charge is 0.341 e. The summed E-state index contributed by atoms with van der Waals surface area (Å²) in [5.74, 6) is -4.45. The number of hydrogen-bond donors (Lipinski definition) is 0. The maximum absolute atomic E-state index is 13.0. The Morgan fingerprint density at radius 3 is 2.44 bits per heavy atom. The average Bonchev–Trinajstić information content (AvgIpc) is 2.82. The number of hydrogen-bond acceptors (Lipinski definition) is 3. The lowest BCUT2D eigenvalue weighted by molar-refractivity contribution is 0.234. The van der Waals surface area contributed by atoms with E-state index in [1.54, 1.807) is 0 Å². The van der Waals surface area contributed by atoms with E-state index in [4.69, 9.17) is 4.42 Å². The third kappa shape index (κ3) is 2.13. The van der Waals surface area contributed by atoms with Gasteiger partial charge in [0, 0.05) is 5.56 Å². The largest absolute Gasteiger partial charge is 0.464 e. The van der Waals surface area contributed by atoms with Crippen molar-refractivity contribution in [2.45, 2.75) is 10.7 Å². The highest BCUT2D eigenvalue weighted by Crippen LogP contribution is 2.31. The molecule has 1 aromatic carbocycles. The van der Waals surface area contributed by atoms with Crippen molar-refractivity contribution in [3.63, 3.8) is 0 Å². The molecule has 96 valence electrons. The molecule has 0 aliphatic heterocycles. The van der Waals surface area contributed by atoms with Crippen LogP contribution in [0.15, 0.2) is 45.9 Å². The van der Waals surface area contributed by atoms with Gasteiger partial charge in [-0.15, -0.1) is 0 Å². The van der Waals surface area contributed by atoms with Crippen LogP contribution in [-0.4, -0.2) is 14.2 Å². The zero-order valence-electron chi connectivity index (χ0n) is 8.81. The second kappa shape index (κ2) is 4.49. The maximum Gasteiger partial charge on any atom is 0.341 e. The average molecular weight is 276 g/mol. The van der Waals surface area contributed by atoms with E-state index in [-0.39, 0.29) is 11.3 Å². The van der Waals surface area contributed by atoms with Crippen molar-refractivity contribution in [1.82, 2.24) is 0 Å². The molecule has 1 aromatic heterocycles. The SMILES string of the molecule is O=S(=O)(c1cc(F)ccc1-c1ccco1)C(F)F. The minimum Gasteiger partial charge on any atom is -0.464 e. The lowest BCUT2D eigenvalue weighted by Crippen LogP contribution is -2.12. The predicted molar refractivity (Wildman–Crippen MR) is 57.3 cm³/mol. The van der Waals surface area contributed by atoms with Crippen LogP contribution in [0.2, 0.25) is 0 Å². The fourth-order valence-electron chi connectivity index (χ4n) is 1.46. The summed E-state index contributed by atoms with van der Waals surface area (Å²) in [6, 6.07) is 5.49. The molecule has 0 aliphatic carbocycles. The van der Waals surface area contributed by atoms with Crippen molar-refractivity contribution in [3.05, 3.63) is 42.4 Å². The van der Waals surface area contributed by atoms with Crippen molar-refractivity contribution >= 4 is 9.84 Å². The first-order chi connectivity index (χ1) is 8.43. The van der Waals surface area contributed by atoms with Gasteiger partial charge in [0.15, 0.2) is 0 Å². The standard InChI is InChI=1S/C11H7F3O3S/c12-7-3-4-8(9-2-1-5-17-9)10(6-7)18(15,16)11(13)14/h1-6,11H. The van der Waals surface area contributed by atoms with Crippen molar-refractivity contribution in [2.75, 3.05) is 0 Å². The van der Waals surface area contributed by atoms with Gasteiger partial charge in [-0.25, -0.2) is 12.8 Å². The fraction of sp³-hybridized carbons (Fsp3) is 0.0909. The summed E-state index contributed by atoms with van der Waals surface area (Å²) in [6.07, 6.45) is 1.26. The molecule has 0 unspecified atom stereocenters. The molecule has 0 fully saturated rings. The Kier molecular flexibility index (Phi) is 3.16. The van der Waals surface area contributed by atoms with Gasteiger partial charge in [0.25, 0.3) is 0 Å². The molecule has 0 bridgehead atoms. The summed E-state index contributed by atoms with van der Waals surface area (Å²) >= 11 is 0. The van der Waals surface area contributed by atoms with Crippen LogP contribution in [0.1, 0.15) is 0 Å². The normalized spacial score (nSPS) is 12.0. The third-order valence-corrected chi connectivity index (χ3v) is 3.69. The predicted octanol–water partition coefficient (Wildman–Crippen LogP) is 3.08. The van der Waals surface area contributed by atoms with E-state index < -0.39 is 26.3 Å². The summed E-state index contributed by atoms with van der Waals surface area (Å²) in [4.78, 5) is -0.785. The van der Waals surface area contributed by atoms with Gasteiger partial charge >= 0.3 is 5.76 Å². The summed E-state index contributed by atoms with van der Waals surface area (Å²) < 4.78 is 65.9. The zero-order chi connectivity index (χ0) is 13.3. The molecule has 0 radical (unpaired) electrons. The summed E-state index contributed by atoms with van der Waals surface area (Å²) in [5, 5.41) is 0. The van der Waals surface area contributed by atoms with Crippen molar-refractivity contribution in [3.8, 4) is 11.3 Å². The summed E-state index contributed by atoms with van der Waals surface area (Å²) in [7, 11) is -4.89. The van der Waals surface area contributed by atoms with Crippen LogP contribution in [-0.2, 0) is 9.84 Å². The van der Waals surface area contributed by atoms with Crippen LogP contribution >= 0.6 is 0 Å². The van der Waals surface area contributed by atoms with Gasteiger partial charge in [0.1, 0.15) is 11.6 Å². The van der Waals surface area contributed by atoms with E-state index in [1.807, 2.05) is 0 Å². The second-order valence-corrected chi connectivity index (χ2v) is 5.31. The number of benzene rings is 1. The molecule has 0 aliphatic rings. The van der Waals surface area contributed by atoms with Crippen molar-refractivity contribution in [1.29, 1.82) is 0 Å². The van der Waals surface area contributed by atoms with E-state index in [1.165, 1.54) is 18.4 Å². The van der Waals surface area contributed by atoms with Crippen molar-refractivity contribution < 1.29 is 26.0 Å². The lowest BCUT2D eigenvalue weighted by Gasteiger charge is -2.08. The van der Waals surface area contributed by atoms with E-state index in [0.29, 0.717) is 6.07 Å². The molecule has 1 heterocycles. The van der Waals surface area contributed by atoms with Crippen LogP contribution in [0, 0.1) is 5.82 Å². The highest BCUT2D eigenvalue weighted by molar-refractivity contribution is 7.91. The number of rotatable bonds is 3. The Bertz CT molecular complexity index is 648. The first-order valence-corrected chi connectivity index (χ1v) is 6.33. The molecule has 0 amide bonds. The van der Waals surface area contributed by atoms with Gasteiger partial charge in [0.2, 0.25) is 9.84 Å². The highest BCUT2D eigenvalue weighted by atomic mass is 32.2. The van der Waals surface area contributed by atoms with Crippen molar-refractivity contribution in [2.24, 2.45) is 0 Å². The maximum atomic E-state index is 13.0. The van der Waals surface area contributed by atoms with E-state index >= 15 is 0 Å². The van der Waals surface area contributed by atoms with Gasteiger partial charge < -0.3 is 4.42 Å². The molecular weight excluding hydrogens is 269 g/mol. The second-order valence-electron chi connectivity index (χ2n) is 3.42. The van der Waals surface area contributed by atoms with E-state index in [2.05, 4.69) is 0 Å². The first-order valence-electron chi connectivity index (χ1n) is 4.78. The molecule has 3 nitrogen and oxygen atoms in total. The topological polar surface area (TPSA) is 47.3 Å². The Morgan fingerprint density at radius 1 is 1.17 bits per heavy atom. The third-order valence-electron chi connectivity index (χ3n) is 2.27. The van der Waals surface area contributed by atoms with Gasteiger partial charge in [-0.2, -0.15) is 8.78 Å². The molecule has 0 atom stereocenters. The molecule has 7 heteroatoms. The van der Waals surface area contributed by atoms with Gasteiger partial charge in [-0.3, -0.25) is 0 Å². The summed E-state index contributed by atoms with van der Waals surface area (Å²) in [5.41, 5.74) is -0.0956. The Hall–Kier alpha value is -1.76. The molecule has 18 heavy (non-hydrogen) atoms. The minimum atomic E-state index is -4.89. The van der Waals surface area contributed by atoms with Gasteiger partial charge in [-0.05, 0) is 30.3 Å². The lowest BCUT2D eigenvalue weighted by atomic mass is 10.2. The molecular formula is C11H7F3O3S. The molecule has 0 saturated heterocycles. The molecule has 0 saturated carbocycles. The van der Waals surface area contributed by atoms with Crippen LogP contribution < -0.4 is 0 Å². The van der Waals surface area contributed by atoms with Crippen LogP contribution in [0.3, 0.4) is 0 Å². The number of sulfone groups is 1. The molecule has 2 rings (SSSR count).